The molecule has 2 nitrogen and oxygen atoms in total. The van der Waals surface area contributed by atoms with Gasteiger partial charge in [-0.3, -0.25) is 0 Å². The Morgan fingerprint density at radius 3 is 2.33 bits per heavy atom. The Balaban J connectivity index is 2.82. The molecule has 0 aromatic heterocycles. The smallest absolute Gasteiger partial charge is 0.390 e. The highest BCUT2D eigenvalue weighted by Crippen LogP contribution is 2.33. The second-order valence-electron chi connectivity index (χ2n) is 2.75. The molecule has 0 amide bonds. The highest BCUT2D eigenvalue weighted by Gasteiger charge is 2.41. The Morgan fingerprint density at radius 1 is 1.33 bits per heavy atom. The molecule has 0 aromatic carbocycles. The molecule has 5 heteroatoms. The molecule has 0 unspecified atom stereocenters. The number of allylic oxidation sites excluding steroid dienone is 1. The van der Waals surface area contributed by atoms with Crippen molar-refractivity contribution >= 4 is 0 Å². The molecule has 0 saturated carbocycles. The number of aliphatic hydroxyl groups excluding tert-OH is 2. The van der Waals surface area contributed by atoms with E-state index in [0.29, 0.717) is 0 Å². The zero-order valence-corrected chi connectivity index (χ0v) is 6.17. The summed E-state index contributed by atoms with van der Waals surface area (Å²) >= 11 is 0. The zero-order chi connectivity index (χ0) is 9.35. The van der Waals surface area contributed by atoms with Crippen LogP contribution in [-0.4, -0.2) is 28.6 Å². The first-order chi connectivity index (χ1) is 5.43. The molecule has 0 aliphatic heterocycles. The lowest BCUT2D eigenvalue weighted by Crippen LogP contribution is -2.36. The Morgan fingerprint density at radius 2 is 1.92 bits per heavy atom. The van der Waals surface area contributed by atoms with Gasteiger partial charge in [0, 0.05) is 0 Å². The van der Waals surface area contributed by atoms with Gasteiger partial charge in [0.2, 0.25) is 0 Å². The molecule has 70 valence electrons. The van der Waals surface area contributed by atoms with Gasteiger partial charge in [-0.25, -0.2) is 0 Å². The molecule has 0 bridgehead atoms. The van der Waals surface area contributed by atoms with E-state index in [1.807, 2.05) is 0 Å². The van der Waals surface area contributed by atoms with E-state index in [2.05, 4.69) is 0 Å². The summed E-state index contributed by atoms with van der Waals surface area (Å²) in [5.74, 6) is 0. The first-order valence-electron chi connectivity index (χ1n) is 3.56. The van der Waals surface area contributed by atoms with Gasteiger partial charge in [0.15, 0.2) is 0 Å². The predicted molar refractivity (Wildman–Crippen MR) is 35.4 cm³/mol. The van der Waals surface area contributed by atoms with Crippen molar-refractivity contribution in [1.29, 1.82) is 0 Å². The molecular weight excluding hydrogens is 173 g/mol. The van der Waals surface area contributed by atoms with E-state index in [-0.39, 0.29) is 12.8 Å². The van der Waals surface area contributed by atoms with Gasteiger partial charge < -0.3 is 10.2 Å². The fraction of sp³-hybridized carbons (Fsp3) is 0.714. The molecule has 12 heavy (non-hydrogen) atoms. The van der Waals surface area contributed by atoms with Crippen molar-refractivity contribution in [2.24, 2.45) is 0 Å². The summed E-state index contributed by atoms with van der Waals surface area (Å²) in [6.07, 6.45) is -6.32. The van der Waals surface area contributed by atoms with Gasteiger partial charge in [-0.05, 0) is 12.8 Å². The number of hydrogen-bond donors (Lipinski definition) is 2. The largest absolute Gasteiger partial charge is 0.414 e. The normalized spacial score (nSPS) is 31.6. The summed E-state index contributed by atoms with van der Waals surface area (Å²) in [6, 6.07) is 0. The maximum atomic E-state index is 12.0. The van der Waals surface area contributed by atoms with E-state index in [4.69, 9.17) is 10.2 Å². The maximum Gasteiger partial charge on any atom is 0.414 e. The van der Waals surface area contributed by atoms with E-state index in [9.17, 15) is 13.2 Å². The predicted octanol–water partition coefficient (Wildman–Crippen LogP) is 0.991. The number of hydrogen-bond acceptors (Lipinski definition) is 2. The fourth-order valence-corrected chi connectivity index (χ4v) is 1.18. The lowest BCUT2D eigenvalue weighted by atomic mass is 9.93. The van der Waals surface area contributed by atoms with Crippen molar-refractivity contribution < 1.29 is 23.4 Å². The molecule has 2 atom stereocenters. The minimum absolute atomic E-state index is 0.160. The summed E-state index contributed by atoms with van der Waals surface area (Å²) in [5.41, 5.74) is -1.03. The van der Waals surface area contributed by atoms with Crippen LogP contribution in [0.15, 0.2) is 11.6 Å². The average Bonchev–Trinajstić information content (AvgIpc) is 1.92. The zero-order valence-electron chi connectivity index (χ0n) is 6.17. The van der Waals surface area contributed by atoms with Gasteiger partial charge in [-0.1, -0.05) is 6.08 Å². The van der Waals surface area contributed by atoms with Crippen LogP contribution in [0.25, 0.3) is 0 Å². The van der Waals surface area contributed by atoms with Crippen molar-refractivity contribution in [2.75, 3.05) is 0 Å². The second-order valence-corrected chi connectivity index (χ2v) is 2.75. The average molecular weight is 182 g/mol. The number of rotatable bonds is 0. The Kier molecular flexibility index (Phi) is 2.44. The molecule has 0 fully saturated rings. The standard InChI is InChI=1S/C7H9F3O2/c8-7(9,10)4-2-1-3-5(11)6(4)12/h2,5-6,11-12H,1,3H2/t5-,6-/m0/s1. The van der Waals surface area contributed by atoms with Crippen LogP contribution in [-0.2, 0) is 0 Å². The Labute approximate surface area is 67.3 Å². The number of aliphatic hydroxyl groups is 2. The van der Waals surface area contributed by atoms with Crippen LogP contribution in [0.5, 0.6) is 0 Å². The van der Waals surface area contributed by atoms with Gasteiger partial charge in [0.25, 0.3) is 0 Å². The second kappa shape index (κ2) is 3.06. The van der Waals surface area contributed by atoms with Crippen LogP contribution in [0.4, 0.5) is 13.2 Å². The highest BCUT2D eigenvalue weighted by molar-refractivity contribution is 5.18. The first kappa shape index (κ1) is 9.54. The maximum absolute atomic E-state index is 12.0. The van der Waals surface area contributed by atoms with Crippen molar-refractivity contribution in [3.8, 4) is 0 Å². The lowest BCUT2D eigenvalue weighted by Gasteiger charge is -2.25. The van der Waals surface area contributed by atoms with Crippen molar-refractivity contribution in [3.63, 3.8) is 0 Å². The van der Waals surface area contributed by atoms with Crippen LogP contribution < -0.4 is 0 Å². The van der Waals surface area contributed by atoms with E-state index >= 15 is 0 Å². The number of alkyl halides is 3. The third-order valence-electron chi connectivity index (χ3n) is 1.84. The summed E-state index contributed by atoms with van der Waals surface area (Å²) in [6.45, 7) is 0. The minimum atomic E-state index is -4.53. The number of halogens is 3. The van der Waals surface area contributed by atoms with E-state index in [1.165, 1.54) is 0 Å². The van der Waals surface area contributed by atoms with Gasteiger partial charge in [-0.15, -0.1) is 0 Å². The molecule has 2 N–H and O–H groups in total. The topological polar surface area (TPSA) is 40.5 Å². The molecule has 0 radical (unpaired) electrons. The molecule has 0 aromatic rings. The molecule has 1 aliphatic carbocycles. The SMILES string of the molecule is O[C@H]1CCC=C(C(F)(F)F)[C@@H]1O. The van der Waals surface area contributed by atoms with Crippen LogP contribution in [0.3, 0.4) is 0 Å². The van der Waals surface area contributed by atoms with Crippen LogP contribution in [0.1, 0.15) is 12.8 Å². The Bertz CT molecular complexity index is 197. The molecule has 0 saturated heterocycles. The summed E-state index contributed by atoms with van der Waals surface area (Å²) in [5, 5.41) is 17.9. The van der Waals surface area contributed by atoms with Crippen molar-refractivity contribution in [1.82, 2.24) is 0 Å². The van der Waals surface area contributed by atoms with Gasteiger partial charge in [0.05, 0.1) is 11.7 Å². The van der Waals surface area contributed by atoms with Crippen LogP contribution >= 0.6 is 0 Å². The monoisotopic (exact) mass is 182 g/mol. The quantitative estimate of drug-likeness (QED) is 0.548. The van der Waals surface area contributed by atoms with Crippen LogP contribution in [0, 0.1) is 0 Å². The molecule has 0 spiro atoms. The van der Waals surface area contributed by atoms with E-state index in [1.54, 1.807) is 0 Å². The summed E-state index contributed by atoms with van der Waals surface area (Å²) < 4.78 is 36.1. The van der Waals surface area contributed by atoms with Crippen molar-refractivity contribution in [2.45, 2.75) is 31.2 Å². The minimum Gasteiger partial charge on any atom is -0.390 e. The fourth-order valence-electron chi connectivity index (χ4n) is 1.18. The van der Waals surface area contributed by atoms with E-state index in [0.717, 1.165) is 6.08 Å². The van der Waals surface area contributed by atoms with Crippen LogP contribution in [0.2, 0.25) is 0 Å². The molecule has 1 rings (SSSR count). The lowest BCUT2D eigenvalue weighted by molar-refractivity contribution is -0.118. The summed E-state index contributed by atoms with van der Waals surface area (Å²) in [4.78, 5) is 0. The van der Waals surface area contributed by atoms with Gasteiger partial charge in [0.1, 0.15) is 6.10 Å². The Hall–Kier alpha value is -0.550. The van der Waals surface area contributed by atoms with Gasteiger partial charge in [-0.2, -0.15) is 13.2 Å². The van der Waals surface area contributed by atoms with Gasteiger partial charge >= 0.3 is 6.18 Å². The summed E-state index contributed by atoms with van der Waals surface area (Å²) in [7, 11) is 0. The molecule has 0 heterocycles. The highest BCUT2D eigenvalue weighted by atomic mass is 19.4. The third-order valence-corrected chi connectivity index (χ3v) is 1.84. The molecule has 1 aliphatic rings. The molecular formula is C7H9F3O2. The third kappa shape index (κ3) is 1.78. The first-order valence-corrected chi connectivity index (χ1v) is 3.56. The van der Waals surface area contributed by atoms with E-state index < -0.39 is 24.0 Å². The van der Waals surface area contributed by atoms with Crippen molar-refractivity contribution in [3.05, 3.63) is 11.6 Å².